The van der Waals surface area contributed by atoms with Crippen LogP contribution in [0.1, 0.15) is 17.4 Å². The number of pyridine rings is 1. The molecule has 0 aliphatic carbocycles. The average molecular weight is 369 g/mol. The molecule has 21 heavy (non-hydrogen) atoms. The third kappa shape index (κ3) is 3.89. The number of nitrogens with one attached hydrogen (secondary N) is 1. The Balaban J connectivity index is 2.13. The molecule has 0 bridgehead atoms. The molecule has 2 aromatic rings. The number of carbonyl (C=O) groups excluding carboxylic acids is 1. The van der Waals surface area contributed by atoms with Crippen molar-refractivity contribution in [2.45, 2.75) is 11.8 Å². The first kappa shape index (κ1) is 15.7. The molecule has 110 valence electrons. The fourth-order valence-electron chi connectivity index (χ4n) is 1.62. The SMILES string of the molecule is CCS(=O)(=O)c1ccc(NC(=O)c2ccc(Br)cn2)cc1. The van der Waals surface area contributed by atoms with Crippen molar-refractivity contribution < 1.29 is 13.2 Å². The van der Waals surface area contributed by atoms with Gasteiger partial charge < -0.3 is 5.32 Å². The van der Waals surface area contributed by atoms with Gasteiger partial charge in [-0.3, -0.25) is 4.79 Å². The number of halogens is 1. The summed E-state index contributed by atoms with van der Waals surface area (Å²) in [4.78, 5) is 16.2. The van der Waals surface area contributed by atoms with E-state index in [4.69, 9.17) is 0 Å². The summed E-state index contributed by atoms with van der Waals surface area (Å²) in [7, 11) is -3.23. The molecular formula is C14H13BrN2O3S. The lowest BCUT2D eigenvalue weighted by atomic mass is 10.3. The van der Waals surface area contributed by atoms with E-state index >= 15 is 0 Å². The Morgan fingerprint density at radius 3 is 2.38 bits per heavy atom. The summed E-state index contributed by atoms with van der Waals surface area (Å²) in [5, 5.41) is 2.66. The van der Waals surface area contributed by atoms with E-state index < -0.39 is 9.84 Å². The maximum absolute atomic E-state index is 12.0. The van der Waals surface area contributed by atoms with Gasteiger partial charge in [0.25, 0.3) is 5.91 Å². The van der Waals surface area contributed by atoms with Crippen LogP contribution in [-0.4, -0.2) is 25.1 Å². The van der Waals surface area contributed by atoms with Crippen LogP contribution in [-0.2, 0) is 9.84 Å². The number of nitrogens with zero attached hydrogens (tertiary/aromatic N) is 1. The fraction of sp³-hybridized carbons (Fsp3) is 0.143. The van der Waals surface area contributed by atoms with E-state index in [1.54, 1.807) is 31.2 Å². The molecule has 0 unspecified atom stereocenters. The van der Waals surface area contributed by atoms with Crippen molar-refractivity contribution in [1.29, 1.82) is 0 Å². The van der Waals surface area contributed by atoms with E-state index in [-0.39, 0.29) is 22.2 Å². The Bertz CT molecular complexity index is 741. The minimum Gasteiger partial charge on any atom is -0.321 e. The van der Waals surface area contributed by atoms with Crippen molar-refractivity contribution in [3.8, 4) is 0 Å². The van der Waals surface area contributed by atoms with Crippen LogP contribution >= 0.6 is 15.9 Å². The summed E-state index contributed by atoms with van der Waals surface area (Å²) in [5.74, 6) is -0.310. The highest BCUT2D eigenvalue weighted by atomic mass is 79.9. The van der Waals surface area contributed by atoms with Gasteiger partial charge in [0.05, 0.1) is 10.6 Å². The topological polar surface area (TPSA) is 76.1 Å². The van der Waals surface area contributed by atoms with E-state index in [0.29, 0.717) is 5.69 Å². The zero-order chi connectivity index (χ0) is 15.5. The summed E-state index contributed by atoms with van der Waals surface area (Å²) in [6.07, 6.45) is 1.53. The van der Waals surface area contributed by atoms with Gasteiger partial charge in [0.15, 0.2) is 9.84 Å². The lowest BCUT2D eigenvalue weighted by Gasteiger charge is -2.06. The second-order valence-corrected chi connectivity index (χ2v) is 7.44. The van der Waals surface area contributed by atoms with Crippen LogP contribution in [0.2, 0.25) is 0 Å². The largest absolute Gasteiger partial charge is 0.321 e. The number of carbonyl (C=O) groups is 1. The first-order chi connectivity index (χ1) is 9.92. The van der Waals surface area contributed by atoms with Gasteiger partial charge in [0.2, 0.25) is 0 Å². The molecular weight excluding hydrogens is 356 g/mol. The number of hydrogen-bond acceptors (Lipinski definition) is 4. The maximum Gasteiger partial charge on any atom is 0.274 e. The van der Waals surface area contributed by atoms with Gasteiger partial charge in [0, 0.05) is 16.4 Å². The number of rotatable bonds is 4. The predicted octanol–water partition coefficient (Wildman–Crippen LogP) is 2.89. The normalized spacial score (nSPS) is 11.1. The van der Waals surface area contributed by atoms with Gasteiger partial charge in [-0.2, -0.15) is 0 Å². The highest BCUT2D eigenvalue weighted by Gasteiger charge is 2.12. The summed E-state index contributed by atoms with van der Waals surface area (Å²) < 4.78 is 24.2. The number of hydrogen-bond donors (Lipinski definition) is 1. The monoisotopic (exact) mass is 368 g/mol. The van der Waals surface area contributed by atoms with Crippen molar-refractivity contribution in [1.82, 2.24) is 4.98 Å². The highest BCUT2D eigenvalue weighted by molar-refractivity contribution is 9.10. The Kier molecular flexibility index (Phi) is 4.74. The summed E-state index contributed by atoms with van der Waals surface area (Å²) in [6, 6.07) is 9.37. The minimum absolute atomic E-state index is 0.0432. The van der Waals surface area contributed by atoms with E-state index in [0.717, 1.165) is 4.47 Å². The number of sulfone groups is 1. The maximum atomic E-state index is 12.0. The fourth-order valence-corrected chi connectivity index (χ4v) is 2.74. The van der Waals surface area contributed by atoms with Crippen molar-refractivity contribution in [2.24, 2.45) is 0 Å². The Morgan fingerprint density at radius 1 is 1.19 bits per heavy atom. The molecule has 0 saturated heterocycles. The van der Waals surface area contributed by atoms with Crippen LogP contribution in [0.4, 0.5) is 5.69 Å². The molecule has 0 spiro atoms. The lowest BCUT2D eigenvalue weighted by Crippen LogP contribution is -2.13. The molecule has 0 aliphatic rings. The van der Waals surface area contributed by atoms with Crippen molar-refractivity contribution >= 4 is 37.4 Å². The van der Waals surface area contributed by atoms with Gasteiger partial charge in [0.1, 0.15) is 5.69 Å². The summed E-state index contributed by atoms with van der Waals surface area (Å²) in [6.45, 7) is 1.59. The molecule has 1 aromatic heterocycles. The smallest absolute Gasteiger partial charge is 0.274 e. The summed E-state index contributed by atoms with van der Waals surface area (Å²) in [5.41, 5.74) is 0.795. The number of aromatic nitrogens is 1. The van der Waals surface area contributed by atoms with Crippen molar-refractivity contribution in [3.05, 3.63) is 52.8 Å². The molecule has 1 heterocycles. The molecule has 0 radical (unpaired) electrons. The van der Waals surface area contributed by atoms with Crippen molar-refractivity contribution in [3.63, 3.8) is 0 Å². The van der Waals surface area contributed by atoms with Crippen LogP contribution in [0.25, 0.3) is 0 Å². The van der Waals surface area contributed by atoms with E-state index in [9.17, 15) is 13.2 Å². The van der Waals surface area contributed by atoms with Gasteiger partial charge in [-0.1, -0.05) is 6.92 Å². The zero-order valence-electron chi connectivity index (χ0n) is 11.2. The highest BCUT2D eigenvalue weighted by Crippen LogP contribution is 2.16. The lowest BCUT2D eigenvalue weighted by molar-refractivity contribution is 0.102. The average Bonchev–Trinajstić information content (AvgIpc) is 2.48. The molecule has 7 heteroatoms. The zero-order valence-corrected chi connectivity index (χ0v) is 13.6. The number of anilines is 1. The molecule has 0 saturated carbocycles. The van der Waals surface area contributed by atoms with Crippen LogP contribution in [0, 0.1) is 0 Å². The Labute approximate surface area is 131 Å². The quantitative estimate of drug-likeness (QED) is 0.899. The first-order valence-electron chi connectivity index (χ1n) is 6.18. The number of amides is 1. The van der Waals surface area contributed by atoms with Gasteiger partial charge in [-0.15, -0.1) is 0 Å². The molecule has 1 amide bonds. The molecule has 5 nitrogen and oxygen atoms in total. The Hall–Kier alpha value is -1.73. The third-order valence-electron chi connectivity index (χ3n) is 2.81. The second kappa shape index (κ2) is 6.36. The van der Waals surface area contributed by atoms with E-state index in [1.807, 2.05) is 0 Å². The van der Waals surface area contributed by atoms with Crippen LogP contribution in [0.3, 0.4) is 0 Å². The van der Waals surface area contributed by atoms with E-state index in [1.165, 1.54) is 18.3 Å². The van der Waals surface area contributed by atoms with Gasteiger partial charge in [-0.25, -0.2) is 13.4 Å². The minimum atomic E-state index is -3.23. The molecule has 2 rings (SSSR count). The van der Waals surface area contributed by atoms with Crippen LogP contribution < -0.4 is 5.32 Å². The third-order valence-corrected chi connectivity index (χ3v) is 5.03. The van der Waals surface area contributed by atoms with Crippen LogP contribution in [0.5, 0.6) is 0 Å². The Morgan fingerprint density at radius 2 is 1.86 bits per heavy atom. The molecule has 1 N–H and O–H groups in total. The summed E-state index contributed by atoms with van der Waals surface area (Å²) >= 11 is 3.24. The molecule has 0 atom stereocenters. The standard InChI is InChI=1S/C14H13BrN2O3S/c1-2-21(19,20)12-6-4-11(5-7-12)17-14(18)13-8-3-10(15)9-16-13/h3-9H,2H2,1H3,(H,17,18). The first-order valence-corrected chi connectivity index (χ1v) is 8.62. The number of benzene rings is 1. The predicted molar refractivity (Wildman–Crippen MR) is 84.1 cm³/mol. The van der Waals surface area contributed by atoms with Gasteiger partial charge in [-0.05, 0) is 52.3 Å². The molecule has 0 aliphatic heterocycles. The molecule has 1 aromatic carbocycles. The second-order valence-electron chi connectivity index (χ2n) is 4.24. The van der Waals surface area contributed by atoms with Crippen molar-refractivity contribution in [2.75, 3.05) is 11.1 Å². The van der Waals surface area contributed by atoms with E-state index in [2.05, 4.69) is 26.2 Å². The molecule has 0 fully saturated rings. The van der Waals surface area contributed by atoms with Crippen LogP contribution in [0.15, 0.2) is 52.0 Å². The van der Waals surface area contributed by atoms with Gasteiger partial charge >= 0.3 is 0 Å².